The summed E-state index contributed by atoms with van der Waals surface area (Å²) >= 11 is 0. The van der Waals surface area contributed by atoms with Crippen molar-refractivity contribution >= 4 is 11.9 Å². The van der Waals surface area contributed by atoms with E-state index < -0.39 is 23.5 Å². The van der Waals surface area contributed by atoms with Crippen LogP contribution in [0.2, 0.25) is 0 Å². The quantitative estimate of drug-likeness (QED) is 0.845. The van der Waals surface area contributed by atoms with E-state index in [1.807, 2.05) is 0 Å². The zero-order valence-corrected chi connectivity index (χ0v) is 12.2. The zero-order valence-electron chi connectivity index (χ0n) is 12.2. The summed E-state index contributed by atoms with van der Waals surface area (Å²) in [5.41, 5.74) is -0.0965. The fraction of sp³-hybridized carbons (Fsp3) is 0.615. The highest BCUT2D eigenvalue weighted by Gasteiger charge is 2.25. The van der Waals surface area contributed by atoms with Gasteiger partial charge in [0.05, 0.1) is 5.69 Å². The number of aromatic nitrogens is 1. The average molecular weight is 268 g/mol. The highest BCUT2D eigenvalue weighted by molar-refractivity contribution is 5.95. The molecule has 6 nitrogen and oxygen atoms in total. The summed E-state index contributed by atoms with van der Waals surface area (Å²) in [6.45, 7) is 10.2. The summed E-state index contributed by atoms with van der Waals surface area (Å²) in [5.74, 6) is -0.438. The van der Waals surface area contributed by atoms with Crippen LogP contribution in [0, 0.1) is 13.8 Å². The van der Waals surface area contributed by atoms with Crippen LogP contribution in [0.3, 0.4) is 0 Å². The maximum absolute atomic E-state index is 11.9. The minimum Gasteiger partial charge on any atom is -0.458 e. The lowest BCUT2D eigenvalue weighted by molar-refractivity contribution is -0.156. The van der Waals surface area contributed by atoms with Gasteiger partial charge in [-0.3, -0.25) is 4.79 Å². The van der Waals surface area contributed by atoms with Crippen molar-refractivity contribution in [3.63, 3.8) is 0 Å². The van der Waals surface area contributed by atoms with Crippen LogP contribution in [-0.2, 0) is 9.53 Å². The number of ether oxygens (including phenoxy) is 1. The first-order valence-electron chi connectivity index (χ1n) is 6.08. The van der Waals surface area contributed by atoms with Gasteiger partial charge in [-0.2, -0.15) is 0 Å². The van der Waals surface area contributed by atoms with Crippen LogP contribution in [0.5, 0.6) is 0 Å². The number of hydrogen-bond donors (Lipinski definition) is 1. The Morgan fingerprint density at radius 3 is 2.32 bits per heavy atom. The summed E-state index contributed by atoms with van der Waals surface area (Å²) < 4.78 is 10.4. The normalized spacial score (nSPS) is 12.9. The SMILES string of the molecule is Cc1nc(C)c(C(=O)N[C@@H](C)C(=O)OC(C)(C)C)o1. The van der Waals surface area contributed by atoms with Gasteiger partial charge in [0.15, 0.2) is 5.89 Å². The molecule has 0 bridgehead atoms. The van der Waals surface area contributed by atoms with Crippen molar-refractivity contribution in [2.75, 3.05) is 0 Å². The second-order valence-corrected chi connectivity index (χ2v) is 5.38. The summed E-state index contributed by atoms with van der Waals surface area (Å²) in [4.78, 5) is 27.6. The molecule has 0 aliphatic rings. The van der Waals surface area contributed by atoms with E-state index in [1.54, 1.807) is 41.5 Å². The van der Waals surface area contributed by atoms with E-state index in [2.05, 4.69) is 10.3 Å². The maximum Gasteiger partial charge on any atom is 0.328 e. The van der Waals surface area contributed by atoms with Crippen LogP contribution >= 0.6 is 0 Å². The number of amides is 1. The molecule has 0 saturated heterocycles. The molecule has 0 unspecified atom stereocenters. The van der Waals surface area contributed by atoms with Crippen molar-refractivity contribution in [2.24, 2.45) is 0 Å². The number of oxazole rings is 1. The third kappa shape index (κ3) is 4.39. The Balaban J connectivity index is 2.67. The average Bonchev–Trinajstić information content (AvgIpc) is 2.55. The lowest BCUT2D eigenvalue weighted by Gasteiger charge is -2.22. The van der Waals surface area contributed by atoms with Gasteiger partial charge in [-0.05, 0) is 34.6 Å². The molecule has 106 valence electrons. The van der Waals surface area contributed by atoms with Gasteiger partial charge in [-0.25, -0.2) is 9.78 Å². The summed E-state index contributed by atoms with van der Waals surface area (Å²) in [5, 5.41) is 2.53. The first-order valence-corrected chi connectivity index (χ1v) is 6.08. The van der Waals surface area contributed by atoms with Crippen molar-refractivity contribution in [1.29, 1.82) is 0 Å². The van der Waals surface area contributed by atoms with Crippen LogP contribution in [0.15, 0.2) is 4.42 Å². The van der Waals surface area contributed by atoms with E-state index >= 15 is 0 Å². The van der Waals surface area contributed by atoms with Gasteiger partial charge in [0, 0.05) is 6.92 Å². The summed E-state index contributed by atoms with van der Waals surface area (Å²) in [6.07, 6.45) is 0. The molecule has 0 aliphatic heterocycles. The van der Waals surface area contributed by atoms with E-state index in [-0.39, 0.29) is 5.76 Å². The largest absolute Gasteiger partial charge is 0.458 e. The molecule has 1 atom stereocenters. The van der Waals surface area contributed by atoms with E-state index in [1.165, 1.54) is 0 Å². The summed E-state index contributed by atoms with van der Waals surface area (Å²) in [7, 11) is 0. The fourth-order valence-corrected chi connectivity index (χ4v) is 1.45. The van der Waals surface area contributed by atoms with Gasteiger partial charge < -0.3 is 14.5 Å². The second-order valence-electron chi connectivity index (χ2n) is 5.38. The third-order valence-corrected chi connectivity index (χ3v) is 2.22. The third-order valence-electron chi connectivity index (χ3n) is 2.22. The molecule has 0 saturated carbocycles. The fourth-order valence-electron chi connectivity index (χ4n) is 1.45. The number of nitrogens with one attached hydrogen (secondary N) is 1. The van der Waals surface area contributed by atoms with E-state index in [0.717, 1.165) is 0 Å². The zero-order chi connectivity index (χ0) is 14.8. The van der Waals surface area contributed by atoms with Crippen molar-refractivity contribution < 1.29 is 18.7 Å². The topological polar surface area (TPSA) is 81.4 Å². The lowest BCUT2D eigenvalue weighted by Crippen LogP contribution is -2.42. The molecule has 6 heteroatoms. The number of rotatable bonds is 3. The Labute approximate surface area is 112 Å². The van der Waals surface area contributed by atoms with E-state index in [9.17, 15) is 9.59 Å². The van der Waals surface area contributed by atoms with Crippen LogP contribution in [-0.4, -0.2) is 28.5 Å². The number of carbonyl (C=O) groups is 2. The van der Waals surface area contributed by atoms with Gasteiger partial charge in [-0.1, -0.05) is 0 Å². The molecule has 19 heavy (non-hydrogen) atoms. The van der Waals surface area contributed by atoms with Crippen molar-refractivity contribution in [2.45, 2.75) is 53.2 Å². The predicted molar refractivity (Wildman–Crippen MR) is 68.8 cm³/mol. The van der Waals surface area contributed by atoms with Crippen LogP contribution in [0.1, 0.15) is 49.8 Å². The maximum atomic E-state index is 11.9. The predicted octanol–water partition coefficient (Wildman–Crippen LogP) is 1.75. The smallest absolute Gasteiger partial charge is 0.328 e. The Morgan fingerprint density at radius 1 is 1.32 bits per heavy atom. The Hall–Kier alpha value is -1.85. The molecule has 1 aromatic heterocycles. The van der Waals surface area contributed by atoms with Crippen LogP contribution in [0.4, 0.5) is 0 Å². The molecule has 0 fully saturated rings. The summed E-state index contributed by atoms with van der Waals surface area (Å²) in [6, 6.07) is -0.753. The molecule has 1 amide bonds. The number of hydrogen-bond acceptors (Lipinski definition) is 5. The highest BCUT2D eigenvalue weighted by Crippen LogP contribution is 2.11. The monoisotopic (exact) mass is 268 g/mol. The van der Waals surface area contributed by atoms with E-state index in [0.29, 0.717) is 11.6 Å². The molecule has 0 aromatic carbocycles. The first kappa shape index (κ1) is 15.2. The number of nitrogens with zero attached hydrogens (tertiary/aromatic N) is 1. The van der Waals surface area contributed by atoms with Gasteiger partial charge in [-0.15, -0.1) is 0 Å². The lowest BCUT2D eigenvalue weighted by atomic mass is 10.2. The van der Waals surface area contributed by atoms with Crippen molar-refractivity contribution in [1.82, 2.24) is 10.3 Å². The number of aryl methyl sites for hydroxylation is 2. The molecular formula is C13H20N2O4. The molecule has 1 aromatic rings. The molecule has 1 heterocycles. The highest BCUT2D eigenvalue weighted by atomic mass is 16.6. The second kappa shape index (κ2) is 5.42. The van der Waals surface area contributed by atoms with Gasteiger partial charge >= 0.3 is 5.97 Å². The molecular weight excluding hydrogens is 248 g/mol. The molecule has 0 aliphatic carbocycles. The van der Waals surface area contributed by atoms with Gasteiger partial charge in [0.2, 0.25) is 5.76 Å². The van der Waals surface area contributed by atoms with Crippen LogP contribution in [0.25, 0.3) is 0 Å². The minimum absolute atomic E-state index is 0.118. The molecule has 1 N–H and O–H groups in total. The minimum atomic E-state index is -0.753. The Bertz CT molecular complexity index is 485. The standard InChI is InChI=1S/C13H20N2O4/c1-7-10(18-9(3)14-7)11(16)15-8(2)12(17)19-13(4,5)6/h8H,1-6H3,(H,15,16)/t8-/m0/s1. The first-order chi connectivity index (χ1) is 8.60. The Morgan fingerprint density at radius 2 is 1.89 bits per heavy atom. The van der Waals surface area contributed by atoms with Crippen molar-refractivity contribution in [3.05, 3.63) is 17.3 Å². The molecule has 0 radical (unpaired) electrons. The molecule has 0 spiro atoms. The number of esters is 1. The van der Waals surface area contributed by atoms with Gasteiger partial charge in [0.1, 0.15) is 11.6 Å². The van der Waals surface area contributed by atoms with E-state index in [4.69, 9.17) is 9.15 Å². The van der Waals surface area contributed by atoms with Gasteiger partial charge in [0.25, 0.3) is 5.91 Å². The molecule has 1 rings (SSSR count). The Kier molecular flexibility index (Phi) is 4.34. The number of carbonyl (C=O) groups excluding carboxylic acids is 2. The van der Waals surface area contributed by atoms with Crippen molar-refractivity contribution in [3.8, 4) is 0 Å². The van der Waals surface area contributed by atoms with Crippen LogP contribution < -0.4 is 5.32 Å².